The highest BCUT2D eigenvalue weighted by Crippen LogP contribution is 2.38. The van der Waals surface area contributed by atoms with Crippen molar-refractivity contribution in [1.82, 2.24) is 4.98 Å². The second-order valence-electron chi connectivity index (χ2n) is 8.25. The van der Waals surface area contributed by atoms with E-state index < -0.39 is 12.0 Å². The zero-order valence-corrected chi connectivity index (χ0v) is 18.3. The van der Waals surface area contributed by atoms with Crippen LogP contribution in [0.25, 0.3) is 10.4 Å². The summed E-state index contributed by atoms with van der Waals surface area (Å²) in [6.45, 7) is 2.23. The van der Waals surface area contributed by atoms with Crippen LogP contribution in [-0.4, -0.2) is 21.8 Å². The van der Waals surface area contributed by atoms with E-state index in [1.807, 2.05) is 42.5 Å². The first-order valence-electron chi connectivity index (χ1n) is 10.7. The lowest BCUT2D eigenvalue weighted by molar-refractivity contribution is -0.124. The van der Waals surface area contributed by atoms with E-state index in [9.17, 15) is 14.7 Å². The summed E-state index contributed by atoms with van der Waals surface area (Å²) in [5.74, 6) is -0.255. The van der Waals surface area contributed by atoms with Crippen LogP contribution in [-0.2, 0) is 4.79 Å². The van der Waals surface area contributed by atoms with Crippen molar-refractivity contribution in [2.75, 3.05) is 5.32 Å². The van der Waals surface area contributed by atoms with Crippen molar-refractivity contribution < 1.29 is 14.7 Å². The predicted octanol–water partition coefficient (Wildman–Crippen LogP) is 6.06. The molecule has 1 fully saturated rings. The standard InChI is InChI=1S/C25H26N2O3S/c1-16-9-11-18(12-10-16)23(28)22(19-8-5-13-26-15-19)27-20-14-21(31-24(20)25(29)30)17-6-3-2-4-7-17/h2-8,13-16,18,22,27H,9-12H2,1H3,(H,29,30). The number of carbonyl (C=O) groups is 2. The number of carboxylic acids is 1. The quantitative estimate of drug-likeness (QED) is 0.473. The van der Waals surface area contributed by atoms with Crippen LogP contribution in [0.2, 0.25) is 0 Å². The van der Waals surface area contributed by atoms with Crippen LogP contribution in [0.3, 0.4) is 0 Å². The Morgan fingerprint density at radius 2 is 1.84 bits per heavy atom. The zero-order valence-electron chi connectivity index (χ0n) is 17.5. The monoisotopic (exact) mass is 434 g/mol. The summed E-state index contributed by atoms with van der Waals surface area (Å²) in [6, 6.07) is 14.6. The highest BCUT2D eigenvalue weighted by Gasteiger charge is 2.32. The van der Waals surface area contributed by atoms with E-state index in [1.165, 1.54) is 11.3 Å². The van der Waals surface area contributed by atoms with Crippen LogP contribution in [0, 0.1) is 11.8 Å². The number of Topliss-reactive ketones (excluding diaryl/α,β-unsaturated/α-hetero) is 1. The Labute approximate surface area is 186 Å². The molecule has 0 spiro atoms. The largest absolute Gasteiger partial charge is 0.477 e. The van der Waals surface area contributed by atoms with E-state index >= 15 is 0 Å². The van der Waals surface area contributed by atoms with Gasteiger partial charge in [0.05, 0.1) is 5.69 Å². The number of hydrogen-bond donors (Lipinski definition) is 2. The zero-order chi connectivity index (χ0) is 21.8. The van der Waals surface area contributed by atoms with E-state index in [-0.39, 0.29) is 16.6 Å². The van der Waals surface area contributed by atoms with Gasteiger partial charge in [-0.3, -0.25) is 9.78 Å². The molecule has 1 aromatic carbocycles. The van der Waals surface area contributed by atoms with Gasteiger partial charge in [0.1, 0.15) is 10.9 Å². The van der Waals surface area contributed by atoms with Crippen LogP contribution in [0.4, 0.5) is 5.69 Å². The fourth-order valence-corrected chi connectivity index (χ4v) is 5.17. The first-order valence-corrected chi connectivity index (χ1v) is 11.5. The Morgan fingerprint density at radius 3 is 2.48 bits per heavy atom. The third-order valence-electron chi connectivity index (χ3n) is 6.00. The van der Waals surface area contributed by atoms with Crippen molar-refractivity contribution >= 4 is 28.8 Å². The van der Waals surface area contributed by atoms with Gasteiger partial charge in [0.15, 0.2) is 5.78 Å². The van der Waals surface area contributed by atoms with Crippen molar-refractivity contribution in [3.05, 3.63) is 71.4 Å². The van der Waals surface area contributed by atoms with Crippen molar-refractivity contribution in [3.63, 3.8) is 0 Å². The highest BCUT2D eigenvalue weighted by molar-refractivity contribution is 7.18. The number of hydrogen-bond acceptors (Lipinski definition) is 5. The van der Waals surface area contributed by atoms with Crippen LogP contribution >= 0.6 is 11.3 Å². The fraction of sp³-hybridized carbons (Fsp3) is 0.320. The molecule has 3 aromatic rings. The van der Waals surface area contributed by atoms with Crippen molar-refractivity contribution in [2.45, 2.75) is 38.6 Å². The van der Waals surface area contributed by atoms with Crippen molar-refractivity contribution in [3.8, 4) is 10.4 Å². The minimum absolute atomic E-state index is 0.0191. The summed E-state index contributed by atoms with van der Waals surface area (Å²) >= 11 is 1.22. The average Bonchev–Trinajstić information content (AvgIpc) is 3.23. The molecule has 0 radical (unpaired) electrons. The minimum atomic E-state index is -1.00. The van der Waals surface area contributed by atoms with Gasteiger partial charge in [-0.1, -0.05) is 56.2 Å². The Bertz CT molecular complexity index is 1040. The molecule has 1 atom stereocenters. The number of thiophene rings is 1. The number of benzene rings is 1. The van der Waals surface area contributed by atoms with Gasteiger partial charge in [-0.05, 0) is 36.5 Å². The lowest BCUT2D eigenvalue weighted by atomic mass is 9.78. The van der Waals surface area contributed by atoms with E-state index in [0.717, 1.165) is 41.7 Å². The normalized spacial score (nSPS) is 19.5. The van der Waals surface area contributed by atoms with Gasteiger partial charge in [0.2, 0.25) is 0 Å². The Morgan fingerprint density at radius 1 is 1.10 bits per heavy atom. The smallest absolute Gasteiger partial charge is 0.348 e. The summed E-state index contributed by atoms with van der Waals surface area (Å²) in [6.07, 6.45) is 7.21. The number of aromatic carboxylic acids is 1. The van der Waals surface area contributed by atoms with E-state index in [2.05, 4.69) is 17.2 Å². The van der Waals surface area contributed by atoms with Crippen LogP contribution in [0.1, 0.15) is 53.9 Å². The second-order valence-corrected chi connectivity index (χ2v) is 9.30. The maximum absolute atomic E-state index is 13.5. The minimum Gasteiger partial charge on any atom is -0.477 e. The molecule has 0 amide bonds. The second kappa shape index (κ2) is 9.43. The summed E-state index contributed by atoms with van der Waals surface area (Å²) in [5.41, 5.74) is 2.19. The molecule has 4 rings (SSSR count). The van der Waals surface area contributed by atoms with Gasteiger partial charge in [0.25, 0.3) is 0 Å². The van der Waals surface area contributed by atoms with Crippen molar-refractivity contribution in [1.29, 1.82) is 0 Å². The molecule has 2 heterocycles. The number of nitrogens with zero attached hydrogens (tertiary/aromatic N) is 1. The predicted molar refractivity (Wildman–Crippen MR) is 123 cm³/mol. The molecule has 0 saturated heterocycles. The van der Waals surface area contributed by atoms with Gasteiger partial charge >= 0.3 is 5.97 Å². The summed E-state index contributed by atoms with van der Waals surface area (Å²) in [5, 5.41) is 13.1. The number of ketones is 1. The maximum Gasteiger partial charge on any atom is 0.348 e. The molecule has 1 aliphatic carbocycles. The van der Waals surface area contributed by atoms with Gasteiger partial charge < -0.3 is 10.4 Å². The number of nitrogens with one attached hydrogen (secondary N) is 1. The fourth-order valence-electron chi connectivity index (χ4n) is 4.20. The van der Waals surface area contributed by atoms with Gasteiger partial charge in [0, 0.05) is 28.8 Å². The van der Waals surface area contributed by atoms with Gasteiger partial charge in [-0.15, -0.1) is 11.3 Å². The van der Waals surface area contributed by atoms with Crippen molar-refractivity contribution in [2.24, 2.45) is 11.8 Å². The van der Waals surface area contributed by atoms with E-state index in [4.69, 9.17) is 0 Å². The Kier molecular flexibility index (Phi) is 6.47. The topological polar surface area (TPSA) is 79.3 Å². The SMILES string of the molecule is CC1CCC(C(=O)C(Nc2cc(-c3ccccc3)sc2C(=O)O)c2cccnc2)CC1. The molecule has 0 aliphatic heterocycles. The van der Waals surface area contributed by atoms with E-state index in [1.54, 1.807) is 18.5 Å². The first kappa shape index (κ1) is 21.2. The molecule has 1 saturated carbocycles. The van der Waals surface area contributed by atoms with E-state index in [0.29, 0.717) is 11.6 Å². The number of anilines is 1. The molecule has 2 aromatic heterocycles. The molecule has 1 unspecified atom stereocenters. The summed E-state index contributed by atoms with van der Waals surface area (Å²) in [4.78, 5) is 30.7. The number of aromatic nitrogens is 1. The average molecular weight is 435 g/mol. The lowest BCUT2D eigenvalue weighted by Gasteiger charge is -2.29. The first-order chi connectivity index (χ1) is 15.0. The molecule has 6 heteroatoms. The van der Waals surface area contributed by atoms with Crippen LogP contribution in [0.15, 0.2) is 60.9 Å². The molecule has 5 nitrogen and oxygen atoms in total. The molecule has 2 N–H and O–H groups in total. The molecule has 31 heavy (non-hydrogen) atoms. The highest BCUT2D eigenvalue weighted by atomic mass is 32.1. The Balaban J connectivity index is 1.68. The molecular formula is C25H26N2O3S. The van der Waals surface area contributed by atoms with Crippen LogP contribution < -0.4 is 5.32 Å². The summed E-state index contributed by atoms with van der Waals surface area (Å²) < 4.78 is 0. The number of carbonyl (C=O) groups excluding carboxylic acids is 1. The third-order valence-corrected chi connectivity index (χ3v) is 7.18. The maximum atomic E-state index is 13.5. The summed E-state index contributed by atoms with van der Waals surface area (Å²) in [7, 11) is 0. The Hall–Kier alpha value is -2.99. The molecular weight excluding hydrogens is 408 g/mol. The molecule has 1 aliphatic rings. The van der Waals surface area contributed by atoms with Gasteiger partial charge in [-0.2, -0.15) is 0 Å². The number of rotatable bonds is 7. The number of carboxylic acid groups (broad SMARTS) is 1. The molecule has 0 bridgehead atoms. The van der Waals surface area contributed by atoms with Crippen LogP contribution in [0.5, 0.6) is 0 Å². The number of pyridine rings is 1. The lowest BCUT2D eigenvalue weighted by Crippen LogP contribution is -2.30. The van der Waals surface area contributed by atoms with Gasteiger partial charge in [-0.25, -0.2) is 4.79 Å². The molecule has 160 valence electrons. The third kappa shape index (κ3) is 4.85.